The van der Waals surface area contributed by atoms with Crippen LogP contribution in [0.15, 0.2) is 64.7 Å². The zero-order valence-electron chi connectivity index (χ0n) is 18.5. The Bertz CT molecular complexity index is 1280. The van der Waals surface area contributed by atoms with Crippen LogP contribution in [0.5, 0.6) is 5.75 Å². The van der Waals surface area contributed by atoms with Crippen LogP contribution in [0.25, 0.3) is 6.08 Å². The number of methoxy groups -OCH3 is 1. The Kier molecular flexibility index (Phi) is 6.70. The minimum absolute atomic E-state index is 0.0142. The molecule has 0 saturated carbocycles. The smallest absolute Gasteiger partial charge is 0.373 e. The minimum atomic E-state index is -0.646. The molecule has 3 aromatic rings. The van der Waals surface area contributed by atoms with Crippen molar-refractivity contribution in [2.24, 2.45) is 0 Å². The summed E-state index contributed by atoms with van der Waals surface area (Å²) in [7, 11) is 1.23. The van der Waals surface area contributed by atoms with E-state index in [-0.39, 0.29) is 23.8 Å². The largest absolute Gasteiger partial charge is 0.487 e. The van der Waals surface area contributed by atoms with Crippen LogP contribution in [0.2, 0.25) is 5.02 Å². The van der Waals surface area contributed by atoms with Gasteiger partial charge in [0, 0.05) is 0 Å². The first-order chi connectivity index (χ1) is 16.3. The van der Waals surface area contributed by atoms with E-state index in [9.17, 15) is 14.4 Å². The molecule has 1 aliphatic heterocycles. The number of halogens is 1. The standard InChI is InChI=1S/C25H21ClN2O6/c1-15-3-5-16(6-4-15)14-33-21-9-7-17(11-19(21)26)12-20-23(29)28(25(31)27-20)13-18-8-10-22(34-18)24(30)32-2/h3-12H,13-14H2,1-2H3,(H,27,31)/b20-12-. The van der Waals surface area contributed by atoms with Gasteiger partial charge in [-0.1, -0.05) is 47.5 Å². The molecule has 1 saturated heterocycles. The van der Waals surface area contributed by atoms with Gasteiger partial charge in [0.25, 0.3) is 5.91 Å². The fourth-order valence-electron chi connectivity index (χ4n) is 3.28. The first-order valence-corrected chi connectivity index (χ1v) is 10.7. The van der Waals surface area contributed by atoms with E-state index in [0.717, 1.165) is 10.5 Å². The molecule has 0 bridgehead atoms. The number of nitrogens with one attached hydrogen (secondary N) is 1. The van der Waals surface area contributed by atoms with E-state index in [0.29, 0.717) is 22.9 Å². The average Bonchev–Trinajstić information content (AvgIpc) is 3.39. The van der Waals surface area contributed by atoms with E-state index in [4.69, 9.17) is 20.8 Å². The number of amides is 3. The highest BCUT2D eigenvalue weighted by atomic mass is 35.5. The molecular formula is C25H21ClN2O6. The van der Waals surface area contributed by atoms with Crippen molar-refractivity contribution in [3.8, 4) is 5.75 Å². The van der Waals surface area contributed by atoms with Crippen molar-refractivity contribution in [3.05, 3.63) is 93.5 Å². The van der Waals surface area contributed by atoms with Crippen LogP contribution in [0, 0.1) is 6.92 Å². The Hall–Kier alpha value is -4.04. The van der Waals surface area contributed by atoms with Gasteiger partial charge in [-0.15, -0.1) is 0 Å². The third kappa shape index (κ3) is 5.13. The lowest BCUT2D eigenvalue weighted by atomic mass is 10.1. The van der Waals surface area contributed by atoms with Crippen LogP contribution < -0.4 is 10.1 Å². The van der Waals surface area contributed by atoms with Crippen molar-refractivity contribution in [2.45, 2.75) is 20.1 Å². The Balaban J connectivity index is 1.43. The highest BCUT2D eigenvalue weighted by Gasteiger charge is 2.34. The Labute approximate surface area is 200 Å². The molecule has 34 heavy (non-hydrogen) atoms. The molecule has 0 aliphatic carbocycles. The molecule has 9 heteroatoms. The third-order valence-electron chi connectivity index (χ3n) is 5.11. The second-order valence-corrected chi connectivity index (χ2v) is 8.01. The van der Waals surface area contributed by atoms with Gasteiger partial charge < -0.3 is 19.2 Å². The molecule has 0 unspecified atom stereocenters. The summed E-state index contributed by atoms with van der Waals surface area (Å²) in [6.07, 6.45) is 1.53. The Morgan fingerprint density at radius 2 is 1.88 bits per heavy atom. The molecule has 174 valence electrons. The summed E-state index contributed by atoms with van der Waals surface area (Å²) in [5.74, 6) is -0.418. The molecule has 2 aromatic carbocycles. The van der Waals surface area contributed by atoms with Crippen LogP contribution in [-0.4, -0.2) is 29.9 Å². The van der Waals surface area contributed by atoms with Crippen molar-refractivity contribution < 1.29 is 28.3 Å². The zero-order valence-corrected chi connectivity index (χ0v) is 19.2. The molecule has 2 heterocycles. The number of rotatable bonds is 7. The molecule has 1 N–H and O–H groups in total. The van der Waals surface area contributed by atoms with Gasteiger partial charge in [-0.3, -0.25) is 9.69 Å². The molecule has 0 spiro atoms. The van der Waals surface area contributed by atoms with Gasteiger partial charge in [0.2, 0.25) is 5.76 Å². The van der Waals surface area contributed by atoms with Crippen molar-refractivity contribution in [1.82, 2.24) is 10.2 Å². The van der Waals surface area contributed by atoms with E-state index in [1.165, 1.54) is 30.9 Å². The highest BCUT2D eigenvalue weighted by Crippen LogP contribution is 2.28. The lowest BCUT2D eigenvalue weighted by Crippen LogP contribution is -2.30. The summed E-state index contributed by atoms with van der Waals surface area (Å²) < 4.78 is 15.7. The first kappa shape index (κ1) is 23.1. The van der Waals surface area contributed by atoms with Crippen LogP contribution >= 0.6 is 11.6 Å². The number of carbonyl (C=O) groups excluding carboxylic acids is 3. The molecule has 1 aliphatic rings. The summed E-state index contributed by atoms with van der Waals surface area (Å²) in [5, 5.41) is 2.92. The molecular weight excluding hydrogens is 460 g/mol. The highest BCUT2D eigenvalue weighted by molar-refractivity contribution is 6.32. The summed E-state index contributed by atoms with van der Waals surface area (Å²) in [4.78, 5) is 37.6. The second-order valence-electron chi connectivity index (χ2n) is 7.60. The van der Waals surface area contributed by atoms with Crippen molar-refractivity contribution >= 4 is 35.6 Å². The van der Waals surface area contributed by atoms with Crippen LogP contribution in [-0.2, 0) is 22.7 Å². The third-order valence-corrected chi connectivity index (χ3v) is 5.40. The van der Waals surface area contributed by atoms with Crippen LogP contribution in [0.3, 0.4) is 0 Å². The molecule has 0 atom stereocenters. The van der Waals surface area contributed by atoms with Gasteiger partial charge in [0.15, 0.2) is 0 Å². The number of carbonyl (C=O) groups is 3. The normalized spacial score (nSPS) is 14.4. The number of aryl methyl sites for hydroxylation is 1. The predicted molar refractivity (Wildman–Crippen MR) is 124 cm³/mol. The number of esters is 1. The van der Waals surface area contributed by atoms with E-state index < -0.39 is 17.9 Å². The topological polar surface area (TPSA) is 98.1 Å². The second kappa shape index (κ2) is 9.84. The monoisotopic (exact) mass is 480 g/mol. The Morgan fingerprint density at radius 1 is 1.12 bits per heavy atom. The van der Waals surface area contributed by atoms with Gasteiger partial charge in [0.05, 0.1) is 18.7 Å². The van der Waals surface area contributed by atoms with E-state index in [1.54, 1.807) is 18.2 Å². The minimum Gasteiger partial charge on any atom is -0.487 e. The SMILES string of the molecule is COC(=O)c1ccc(CN2C(=O)N/C(=C\c3ccc(OCc4ccc(C)cc4)c(Cl)c3)C2=O)o1. The fourth-order valence-corrected chi connectivity index (χ4v) is 3.52. The molecule has 4 rings (SSSR count). The van der Waals surface area contributed by atoms with Crippen molar-refractivity contribution in [2.75, 3.05) is 7.11 Å². The maximum Gasteiger partial charge on any atom is 0.373 e. The van der Waals surface area contributed by atoms with Crippen molar-refractivity contribution in [1.29, 1.82) is 0 Å². The van der Waals surface area contributed by atoms with Gasteiger partial charge >= 0.3 is 12.0 Å². The van der Waals surface area contributed by atoms with Crippen LogP contribution in [0.4, 0.5) is 4.79 Å². The van der Waals surface area contributed by atoms with E-state index in [1.807, 2.05) is 31.2 Å². The van der Waals surface area contributed by atoms with Gasteiger partial charge in [-0.2, -0.15) is 0 Å². The number of furan rings is 1. The fraction of sp³-hybridized carbons (Fsp3) is 0.160. The maximum atomic E-state index is 12.7. The van der Waals surface area contributed by atoms with E-state index in [2.05, 4.69) is 10.1 Å². The van der Waals surface area contributed by atoms with Gasteiger partial charge in [-0.25, -0.2) is 9.59 Å². The number of ether oxygens (including phenoxy) is 2. The zero-order chi connectivity index (χ0) is 24.2. The first-order valence-electron chi connectivity index (χ1n) is 10.3. The molecule has 0 radical (unpaired) electrons. The summed E-state index contributed by atoms with van der Waals surface area (Å²) in [6.45, 7) is 2.25. The molecule has 3 amide bonds. The molecule has 8 nitrogen and oxygen atoms in total. The summed E-state index contributed by atoms with van der Waals surface area (Å²) in [5.41, 5.74) is 2.89. The molecule has 1 fully saturated rings. The Morgan fingerprint density at radius 3 is 2.59 bits per heavy atom. The summed E-state index contributed by atoms with van der Waals surface area (Å²) >= 11 is 6.36. The van der Waals surface area contributed by atoms with Crippen molar-refractivity contribution in [3.63, 3.8) is 0 Å². The maximum absolute atomic E-state index is 12.7. The summed E-state index contributed by atoms with van der Waals surface area (Å²) in [6, 6.07) is 15.4. The average molecular weight is 481 g/mol. The number of urea groups is 1. The lowest BCUT2D eigenvalue weighted by molar-refractivity contribution is -0.123. The van der Waals surface area contributed by atoms with Gasteiger partial charge in [0.1, 0.15) is 23.8 Å². The van der Waals surface area contributed by atoms with E-state index >= 15 is 0 Å². The quantitative estimate of drug-likeness (QED) is 0.299. The predicted octanol–water partition coefficient (Wildman–Crippen LogP) is 4.70. The number of nitrogens with zero attached hydrogens (tertiary/aromatic N) is 1. The number of hydrogen-bond donors (Lipinski definition) is 1. The van der Waals surface area contributed by atoms with Gasteiger partial charge in [-0.05, 0) is 48.4 Å². The number of imide groups is 1. The number of hydrogen-bond acceptors (Lipinski definition) is 6. The van der Waals surface area contributed by atoms with Crippen LogP contribution in [0.1, 0.15) is 33.0 Å². The lowest BCUT2D eigenvalue weighted by Gasteiger charge is -2.10. The molecule has 1 aromatic heterocycles. The number of benzene rings is 2.